The van der Waals surface area contributed by atoms with Gasteiger partial charge in [0.1, 0.15) is 0 Å². The van der Waals surface area contributed by atoms with E-state index >= 15 is 0 Å². The molecule has 0 aromatic heterocycles. The van der Waals surface area contributed by atoms with Crippen molar-refractivity contribution in [2.24, 2.45) is 0 Å². The van der Waals surface area contributed by atoms with Crippen LogP contribution in [0, 0.1) is 0 Å². The second kappa shape index (κ2) is 9.40. The summed E-state index contributed by atoms with van der Waals surface area (Å²) < 4.78 is 29.7. The number of rotatable bonds is 5. The first kappa shape index (κ1) is 14.8. The Morgan fingerprint density at radius 3 is 1.85 bits per heavy atom. The van der Waals surface area contributed by atoms with Crippen molar-refractivity contribution in [1.82, 2.24) is 5.32 Å². The third-order valence-electron chi connectivity index (χ3n) is 0.788. The topological polar surface area (TPSA) is 75.6 Å². The van der Waals surface area contributed by atoms with E-state index < -0.39 is 10.4 Å². The fraction of sp³-hybridized carbons (Fsp3) is 0.429. The predicted molar refractivity (Wildman–Crippen MR) is 51.8 cm³/mol. The van der Waals surface area contributed by atoms with Crippen LogP contribution in [0.2, 0.25) is 0 Å². The SMILES string of the molecule is C=CCNCC=C.COS(=O)(=O)O. The van der Waals surface area contributed by atoms with Crippen molar-refractivity contribution < 1.29 is 17.2 Å². The molecule has 2 N–H and O–H groups in total. The van der Waals surface area contributed by atoms with Crippen molar-refractivity contribution in [3.63, 3.8) is 0 Å². The van der Waals surface area contributed by atoms with Crippen LogP contribution < -0.4 is 5.32 Å². The highest BCUT2D eigenvalue weighted by atomic mass is 32.3. The lowest BCUT2D eigenvalue weighted by Gasteiger charge is -1.90. The van der Waals surface area contributed by atoms with Gasteiger partial charge in [0.05, 0.1) is 7.11 Å². The standard InChI is InChI=1S/C6H11N.CH4O4S/c1-3-5-7-6-4-2;1-5-6(2,3)4/h3-4,7H,1-2,5-6H2;1H3,(H,2,3,4). The summed E-state index contributed by atoms with van der Waals surface area (Å²) in [5.74, 6) is 0. The Hall–Kier alpha value is -0.690. The maximum absolute atomic E-state index is 9.33. The highest BCUT2D eigenvalue weighted by molar-refractivity contribution is 7.80. The number of nitrogens with one attached hydrogen (secondary N) is 1. The smallest absolute Gasteiger partial charge is 0.310 e. The Bertz CT molecular complexity index is 215. The third kappa shape index (κ3) is 24.6. The van der Waals surface area contributed by atoms with Crippen LogP contribution in [-0.2, 0) is 14.6 Å². The Morgan fingerprint density at radius 2 is 1.69 bits per heavy atom. The van der Waals surface area contributed by atoms with Crippen LogP contribution in [0.1, 0.15) is 0 Å². The molecule has 5 nitrogen and oxygen atoms in total. The van der Waals surface area contributed by atoms with E-state index in [1.54, 1.807) is 0 Å². The van der Waals surface area contributed by atoms with Gasteiger partial charge in [0.25, 0.3) is 0 Å². The largest absolute Gasteiger partial charge is 0.397 e. The van der Waals surface area contributed by atoms with Crippen LogP contribution in [-0.4, -0.2) is 33.2 Å². The summed E-state index contributed by atoms with van der Waals surface area (Å²) in [5, 5.41) is 3.05. The molecule has 0 rings (SSSR count). The minimum absolute atomic E-state index is 0.867. The number of hydrogen-bond acceptors (Lipinski definition) is 4. The van der Waals surface area contributed by atoms with E-state index in [-0.39, 0.29) is 0 Å². The molecule has 0 radical (unpaired) electrons. The van der Waals surface area contributed by atoms with E-state index in [4.69, 9.17) is 4.55 Å². The molecular formula is C7H15NO4S. The van der Waals surface area contributed by atoms with Gasteiger partial charge in [-0.2, -0.15) is 8.42 Å². The summed E-state index contributed by atoms with van der Waals surface area (Å²) in [6.45, 7) is 8.81. The second-order valence-electron chi connectivity index (χ2n) is 1.83. The summed E-state index contributed by atoms with van der Waals surface area (Å²) in [6.07, 6.45) is 3.65. The van der Waals surface area contributed by atoms with Gasteiger partial charge < -0.3 is 5.32 Å². The van der Waals surface area contributed by atoms with Gasteiger partial charge in [0.2, 0.25) is 0 Å². The van der Waals surface area contributed by atoms with Gasteiger partial charge in [0.15, 0.2) is 0 Å². The Morgan fingerprint density at radius 1 is 1.38 bits per heavy atom. The fourth-order valence-electron chi connectivity index (χ4n) is 0.287. The van der Waals surface area contributed by atoms with Crippen LogP contribution in [0.25, 0.3) is 0 Å². The van der Waals surface area contributed by atoms with Crippen molar-refractivity contribution in [2.45, 2.75) is 0 Å². The summed E-state index contributed by atoms with van der Waals surface area (Å²) >= 11 is 0. The molecule has 0 unspecified atom stereocenters. The minimum Gasteiger partial charge on any atom is -0.310 e. The Labute approximate surface area is 79.1 Å². The van der Waals surface area contributed by atoms with Gasteiger partial charge in [-0.25, -0.2) is 0 Å². The zero-order valence-electron chi connectivity index (χ0n) is 7.56. The van der Waals surface area contributed by atoms with Gasteiger partial charge in [-0.05, 0) is 0 Å². The average molecular weight is 209 g/mol. The van der Waals surface area contributed by atoms with E-state index in [0.717, 1.165) is 20.2 Å². The molecule has 0 bridgehead atoms. The van der Waals surface area contributed by atoms with Gasteiger partial charge in [-0.3, -0.25) is 8.74 Å². The Kier molecular flexibility index (Phi) is 10.7. The first-order valence-electron chi connectivity index (χ1n) is 3.43. The molecule has 0 saturated heterocycles. The molecule has 0 heterocycles. The maximum atomic E-state index is 9.33. The zero-order valence-corrected chi connectivity index (χ0v) is 8.38. The van der Waals surface area contributed by atoms with Crippen molar-refractivity contribution in [1.29, 1.82) is 0 Å². The lowest BCUT2D eigenvalue weighted by atomic mass is 10.5. The van der Waals surface area contributed by atoms with E-state index in [0.29, 0.717) is 0 Å². The van der Waals surface area contributed by atoms with Crippen LogP contribution in [0.3, 0.4) is 0 Å². The zero-order chi connectivity index (χ0) is 10.7. The van der Waals surface area contributed by atoms with Crippen molar-refractivity contribution >= 4 is 10.4 Å². The van der Waals surface area contributed by atoms with Gasteiger partial charge in [-0.15, -0.1) is 13.2 Å². The highest BCUT2D eigenvalue weighted by Crippen LogP contribution is 1.74. The molecule has 0 spiro atoms. The quantitative estimate of drug-likeness (QED) is 0.389. The highest BCUT2D eigenvalue weighted by Gasteiger charge is 1.94. The van der Waals surface area contributed by atoms with E-state index in [9.17, 15) is 8.42 Å². The molecule has 0 saturated carbocycles. The van der Waals surface area contributed by atoms with Gasteiger partial charge in [0, 0.05) is 13.1 Å². The summed E-state index contributed by atoms with van der Waals surface area (Å²) in [7, 11) is -3.29. The molecule has 0 aliphatic carbocycles. The van der Waals surface area contributed by atoms with Gasteiger partial charge >= 0.3 is 10.4 Å². The van der Waals surface area contributed by atoms with Crippen molar-refractivity contribution in [2.75, 3.05) is 20.2 Å². The molecule has 0 aromatic rings. The Balaban J connectivity index is 0. The van der Waals surface area contributed by atoms with E-state index in [1.807, 2.05) is 12.2 Å². The number of hydrogen-bond donors (Lipinski definition) is 2. The van der Waals surface area contributed by atoms with Gasteiger partial charge in [-0.1, -0.05) is 12.2 Å². The fourth-order valence-corrected chi connectivity index (χ4v) is 0.287. The second-order valence-corrected chi connectivity index (χ2v) is 3.02. The van der Waals surface area contributed by atoms with Crippen LogP contribution in [0.15, 0.2) is 25.3 Å². The normalized spacial score (nSPS) is 9.69. The lowest BCUT2D eigenvalue weighted by Crippen LogP contribution is -2.11. The first-order valence-corrected chi connectivity index (χ1v) is 4.80. The van der Waals surface area contributed by atoms with Crippen molar-refractivity contribution in [3.05, 3.63) is 25.3 Å². The summed E-state index contributed by atoms with van der Waals surface area (Å²) in [6, 6.07) is 0. The third-order valence-corrected chi connectivity index (χ3v) is 1.21. The molecule has 0 aromatic carbocycles. The summed E-state index contributed by atoms with van der Waals surface area (Å²) in [4.78, 5) is 0. The average Bonchev–Trinajstić information content (AvgIpc) is 2.06. The van der Waals surface area contributed by atoms with E-state index in [2.05, 4.69) is 22.7 Å². The predicted octanol–water partition coefficient (Wildman–Crippen LogP) is 0.384. The molecule has 0 atom stereocenters. The molecule has 0 aliphatic rings. The monoisotopic (exact) mass is 209 g/mol. The molecule has 0 fully saturated rings. The maximum Gasteiger partial charge on any atom is 0.397 e. The minimum atomic E-state index is -4.16. The van der Waals surface area contributed by atoms with Crippen LogP contribution in [0.4, 0.5) is 0 Å². The van der Waals surface area contributed by atoms with E-state index in [1.165, 1.54) is 0 Å². The molecule has 0 aliphatic heterocycles. The molecule has 0 amide bonds. The molecular weight excluding hydrogens is 194 g/mol. The molecule has 6 heteroatoms. The molecule has 13 heavy (non-hydrogen) atoms. The summed E-state index contributed by atoms with van der Waals surface area (Å²) in [5.41, 5.74) is 0. The lowest BCUT2D eigenvalue weighted by molar-refractivity contribution is 0.324. The van der Waals surface area contributed by atoms with Crippen LogP contribution >= 0.6 is 0 Å². The van der Waals surface area contributed by atoms with Crippen molar-refractivity contribution in [3.8, 4) is 0 Å². The molecule has 78 valence electrons. The van der Waals surface area contributed by atoms with Crippen LogP contribution in [0.5, 0.6) is 0 Å². The first-order chi connectivity index (χ1) is 5.97.